The lowest BCUT2D eigenvalue weighted by Crippen LogP contribution is -2.46. The molecule has 1 aliphatic carbocycles. The number of carbonyl (C=O) groups is 1. The maximum absolute atomic E-state index is 12.5. The molecule has 3 heteroatoms. The summed E-state index contributed by atoms with van der Waals surface area (Å²) in [5.74, 6) is 0.675. The van der Waals surface area contributed by atoms with Gasteiger partial charge in [-0.1, -0.05) is 56.2 Å². The van der Waals surface area contributed by atoms with Crippen molar-refractivity contribution in [3.05, 3.63) is 42.5 Å². The number of rotatable bonds is 4. The normalized spacial score (nSPS) is 22.5. The summed E-state index contributed by atoms with van der Waals surface area (Å²) in [5, 5.41) is 8.95. The molecule has 0 aromatic heterocycles. The van der Waals surface area contributed by atoms with Crippen LogP contribution in [0.15, 0.2) is 42.5 Å². The molecule has 0 saturated heterocycles. The van der Waals surface area contributed by atoms with Crippen LogP contribution in [0.1, 0.15) is 39.5 Å². The van der Waals surface area contributed by atoms with Crippen LogP contribution in [0.25, 0.3) is 10.8 Å². The molecule has 1 saturated carbocycles. The maximum atomic E-state index is 12.5. The van der Waals surface area contributed by atoms with Crippen molar-refractivity contribution in [1.82, 2.24) is 5.32 Å². The molecule has 0 bridgehead atoms. The number of fused-ring (bicyclic) bond motifs is 1. The predicted molar refractivity (Wildman–Crippen MR) is 96.6 cm³/mol. The molecular formula is C20H26N2O. The Bertz CT molecular complexity index is 677. The molecule has 0 heterocycles. The molecule has 122 valence electrons. The number of nitrogens with one attached hydrogen (secondary N) is 2. The first-order valence-electron chi connectivity index (χ1n) is 8.70. The van der Waals surface area contributed by atoms with E-state index in [-0.39, 0.29) is 11.9 Å². The number of amides is 1. The third-order valence-electron chi connectivity index (χ3n) is 4.99. The van der Waals surface area contributed by atoms with Crippen molar-refractivity contribution in [2.24, 2.45) is 5.92 Å². The second-order valence-electron chi connectivity index (χ2n) is 6.77. The van der Waals surface area contributed by atoms with Crippen LogP contribution in [0.4, 0.5) is 5.69 Å². The molecule has 23 heavy (non-hydrogen) atoms. The average molecular weight is 310 g/mol. The second-order valence-corrected chi connectivity index (χ2v) is 6.77. The third-order valence-corrected chi connectivity index (χ3v) is 4.99. The van der Waals surface area contributed by atoms with E-state index in [9.17, 15) is 4.79 Å². The standard InChI is InChI=1S/C20H26N2O/c1-14-8-3-6-12-18(14)22-20(23)15(2)21-19-13-7-10-16-9-4-5-11-17(16)19/h4-5,7,9-11,13-15,18,21H,3,6,8,12H2,1-2H3,(H,22,23)/t14-,15-,18-/m1/s1. The predicted octanol–water partition coefficient (Wildman–Crippen LogP) is 4.34. The molecule has 2 N–H and O–H groups in total. The number of benzene rings is 2. The van der Waals surface area contributed by atoms with Crippen molar-refractivity contribution in [2.75, 3.05) is 5.32 Å². The SMILES string of the molecule is C[C@@H]1CCCC[C@H]1NC(=O)[C@@H](C)Nc1cccc2ccccc12. The van der Waals surface area contributed by atoms with Crippen LogP contribution in [-0.2, 0) is 4.79 Å². The Kier molecular flexibility index (Phi) is 4.85. The summed E-state index contributed by atoms with van der Waals surface area (Å²) in [6, 6.07) is 14.5. The molecule has 0 unspecified atom stereocenters. The Morgan fingerprint density at radius 3 is 2.65 bits per heavy atom. The van der Waals surface area contributed by atoms with Crippen LogP contribution < -0.4 is 10.6 Å². The van der Waals surface area contributed by atoms with Crippen LogP contribution in [0.2, 0.25) is 0 Å². The second kappa shape index (κ2) is 7.03. The minimum atomic E-state index is -0.241. The van der Waals surface area contributed by atoms with Gasteiger partial charge in [0.1, 0.15) is 6.04 Å². The van der Waals surface area contributed by atoms with Gasteiger partial charge >= 0.3 is 0 Å². The molecule has 1 aliphatic rings. The quantitative estimate of drug-likeness (QED) is 0.882. The monoisotopic (exact) mass is 310 g/mol. The van der Waals surface area contributed by atoms with Gasteiger partial charge in [-0.3, -0.25) is 4.79 Å². The van der Waals surface area contributed by atoms with E-state index in [0.29, 0.717) is 12.0 Å². The van der Waals surface area contributed by atoms with Crippen molar-refractivity contribution in [2.45, 2.75) is 51.6 Å². The molecule has 2 aromatic rings. The number of carbonyl (C=O) groups excluding carboxylic acids is 1. The lowest BCUT2D eigenvalue weighted by atomic mass is 9.86. The first-order valence-corrected chi connectivity index (χ1v) is 8.70. The van der Waals surface area contributed by atoms with E-state index in [0.717, 1.165) is 17.5 Å². The summed E-state index contributed by atoms with van der Waals surface area (Å²) in [7, 11) is 0. The van der Waals surface area contributed by atoms with Gasteiger partial charge in [0.25, 0.3) is 0 Å². The van der Waals surface area contributed by atoms with Gasteiger partial charge in [-0.25, -0.2) is 0 Å². The molecule has 2 aromatic carbocycles. The molecule has 0 aliphatic heterocycles. The van der Waals surface area contributed by atoms with E-state index < -0.39 is 0 Å². The van der Waals surface area contributed by atoms with Crippen LogP contribution in [0, 0.1) is 5.92 Å². The fourth-order valence-corrected chi connectivity index (χ4v) is 3.49. The Morgan fingerprint density at radius 1 is 1.09 bits per heavy atom. The molecular weight excluding hydrogens is 284 g/mol. The smallest absolute Gasteiger partial charge is 0.242 e. The highest BCUT2D eigenvalue weighted by Gasteiger charge is 2.24. The first kappa shape index (κ1) is 15.9. The van der Waals surface area contributed by atoms with Gasteiger partial charge in [0, 0.05) is 17.1 Å². The summed E-state index contributed by atoms with van der Waals surface area (Å²) in [6.45, 7) is 4.18. The Balaban J connectivity index is 1.68. The van der Waals surface area contributed by atoms with Crippen molar-refractivity contribution < 1.29 is 4.79 Å². The van der Waals surface area contributed by atoms with Crippen LogP contribution in [-0.4, -0.2) is 18.0 Å². The number of hydrogen-bond donors (Lipinski definition) is 2. The summed E-state index contributed by atoms with van der Waals surface area (Å²) in [6.07, 6.45) is 4.84. The first-order chi connectivity index (χ1) is 11.1. The van der Waals surface area contributed by atoms with E-state index in [4.69, 9.17) is 0 Å². The lowest BCUT2D eigenvalue weighted by Gasteiger charge is -2.30. The molecule has 3 atom stereocenters. The minimum Gasteiger partial charge on any atom is -0.373 e. The largest absolute Gasteiger partial charge is 0.373 e. The molecule has 0 spiro atoms. The zero-order chi connectivity index (χ0) is 16.2. The van der Waals surface area contributed by atoms with Crippen molar-refractivity contribution in [3.8, 4) is 0 Å². The molecule has 1 fully saturated rings. The molecule has 0 radical (unpaired) electrons. The van der Waals surface area contributed by atoms with Crippen LogP contribution >= 0.6 is 0 Å². The summed E-state index contributed by atoms with van der Waals surface area (Å²) in [4.78, 5) is 12.5. The fraction of sp³-hybridized carbons (Fsp3) is 0.450. The van der Waals surface area contributed by atoms with Crippen molar-refractivity contribution >= 4 is 22.4 Å². The molecule has 3 nitrogen and oxygen atoms in total. The highest BCUT2D eigenvalue weighted by atomic mass is 16.2. The minimum absolute atomic E-state index is 0.0942. The van der Waals surface area contributed by atoms with Gasteiger partial charge in [0.2, 0.25) is 5.91 Å². The lowest BCUT2D eigenvalue weighted by molar-refractivity contribution is -0.122. The van der Waals surface area contributed by atoms with E-state index in [1.54, 1.807) is 0 Å². The summed E-state index contributed by atoms with van der Waals surface area (Å²) < 4.78 is 0. The van der Waals surface area contributed by atoms with E-state index in [1.807, 2.05) is 31.2 Å². The van der Waals surface area contributed by atoms with Crippen LogP contribution in [0.3, 0.4) is 0 Å². The highest BCUT2D eigenvalue weighted by molar-refractivity contribution is 5.95. The molecule has 3 rings (SSSR count). The summed E-state index contributed by atoms with van der Waals surface area (Å²) >= 11 is 0. The average Bonchev–Trinajstić information content (AvgIpc) is 2.57. The van der Waals surface area contributed by atoms with Gasteiger partial charge in [-0.2, -0.15) is 0 Å². The van der Waals surface area contributed by atoms with Gasteiger partial charge in [-0.05, 0) is 37.1 Å². The van der Waals surface area contributed by atoms with E-state index >= 15 is 0 Å². The van der Waals surface area contributed by atoms with Gasteiger partial charge in [0.05, 0.1) is 0 Å². The number of hydrogen-bond acceptors (Lipinski definition) is 2. The maximum Gasteiger partial charge on any atom is 0.242 e. The van der Waals surface area contributed by atoms with E-state index in [1.165, 1.54) is 24.6 Å². The Hall–Kier alpha value is -2.03. The summed E-state index contributed by atoms with van der Waals surface area (Å²) in [5.41, 5.74) is 1.02. The van der Waals surface area contributed by atoms with Crippen LogP contribution in [0.5, 0.6) is 0 Å². The zero-order valence-corrected chi connectivity index (χ0v) is 14.0. The van der Waals surface area contributed by atoms with Crippen molar-refractivity contribution in [1.29, 1.82) is 0 Å². The van der Waals surface area contributed by atoms with Gasteiger partial charge in [-0.15, -0.1) is 0 Å². The van der Waals surface area contributed by atoms with Crippen molar-refractivity contribution in [3.63, 3.8) is 0 Å². The molecule has 1 amide bonds. The Labute approximate surface area is 138 Å². The third kappa shape index (κ3) is 3.66. The van der Waals surface area contributed by atoms with Gasteiger partial charge < -0.3 is 10.6 Å². The zero-order valence-electron chi connectivity index (χ0n) is 14.0. The highest BCUT2D eigenvalue weighted by Crippen LogP contribution is 2.25. The number of anilines is 1. The topological polar surface area (TPSA) is 41.1 Å². The Morgan fingerprint density at radius 2 is 1.83 bits per heavy atom. The van der Waals surface area contributed by atoms with E-state index in [2.05, 4.69) is 35.8 Å². The van der Waals surface area contributed by atoms with Gasteiger partial charge in [0.15, 0.2) is 0 Å². The fourth-order valence-electron chi connectivity index (χ4n) is 3.49.